The van der Waals surface area contributed by atoms with Crippen LogP contribution in [0.25, 0.3) is 0 Å². The second kappa shape index (κ2) is 6.15. The highest BCUT2D eigenvalue weighted by Crippen LogP contribution is 2.23. The van der Waals surface area contributed by atoms with Crippen LogP contribution < -0.4 is 11.1 Å². The number of nitrogens with zero attached hydrogens (tertiary/aromatic N) is 3. The normalized spacial score (nSPS) is 18.6. The van der Waals surface area contributed by atoms with Gasteiger partial charge in [-0.1, -0.05) is 0 Å². The summed E-state index contributed by atoms with van der Waals surface area (Å²) < 4.78 is 1.64. The van der Waals surface area contributed by atoms with Crippen LogP contribution in [0.5, 0.6) is 0 Å². The maximum Gasteiger partial charge on any atom is 0.274 e. The van der Waals surface area contributed by atoms with Crippen LogP contribution >= 0.6 is 0 Å². The molecular weight excluding hydrogens is 270 g/mol. The van der Waals surface area contributed by atoms with Gasteiger partial charge >= 0.3 is 0 Å². The minimum Gasteiger partial charge on any atom is -0.395 e. The number of carbonyl (C=O) groups excluding carboxylic acids is 2. The highest BCUT2D eigenvalue weighted by Gasteiger charge is 2.31. The molecule has 2 heterocycles. The number of nitrogens with one attached hydrogen (secondary N) is 1. The van der Waals surface area contributed by atoms with E-state index in [4.69, 9.17) is 5.73 Å². The summed E-state index contributed by atoms with van der Waals surface area (Å²) in [6.45, 7) is 5.39. The van der Waals surface area contributed by atoms with Crippen molar-refractivity contribution in [1.29, 1.82) is 0 Å². The number of piperidine rings is 1. The van der Waals surface area contributed by atoms with E-state index in [0.29, 0.717) is 36.7 Å². The molecule has 3 N–H and O–H groups in total. The Kier molecular flexibility index (Phi) is 4.50. The molecule has 116 valence electrons. The molecule has 21 heavy (non-hydrogen) atoms. The summed E-state index contributed by atoms with van der Waals surface area (Å²) in [4.78, 5) is 26.2. The number of nitrogen functional groups attached to an aromatic ring is 1. The molecule has 2 amide bonds. The molecule has 7 heteroatoms. The molecule has 1 saturated heterocycles. The molecule has 2 rings (SSSR count). The largest absolute Gasteiger partial charge is 0.395 e. The van der Waals surface area contributed by atoms with E-state index >= 15 is 0 Å². The molecule has 0 radical (unpaired) electrons. The predicted octanol–water partition coefficient (Wildman–Crippen LogP) is 0.392. The van der Waals surface area contributed by atoms with E-state index < -0.39 is 0 Å². The van der Waals surface area contributed by atoms with Crippen molar-refractivity contribution in [3.63, 3.8) is 0 Å². The SMILES string of the molecule is CCn1nc(C)c(N)c1C(=O)N1CCCC(C(=O)NC)C1. The summed E-state index contributed by atoms with van der Waals surface area (Å²) in [6, 6.07) is 0. The van der Waals surface area contributed by atoms with Crippen molar-refractivity contribution in [2.45, 2.75) is 33.2 Å². The second-order valence-corrected chi connectivity index (χ2v) is 5.37. The standard InChI is InChI=1S/C14H23N5O2/c1-4-19-12(11(15)9(2)17-19)14(21)18-7-5-6-10(8-18)13(20)16-3/h10H,4-8,15H2,1-3H3,(H,16,20). The third kappa shape index (κ3) is 2.86. The number of hydrogen-bond donors (Lipinski definition) is 2. The summed E-state index contributed by atoms with van der Waals surface area (Å²) in [7, 11) is 1.62. The Morgan fingerprint density at radius 1 is 1.48 bits per heavy atom. The van der Waals surface area contributed by atoms with Crippen molar-refractivity contribution in [3.8, 4) is 0 Å². The Bertz CT molecular complexity index is 552. The fourth-order valence-electron chi connectivity index (χ4n) is 2.78. The molecule has 1 aliphatic heterocycles. The molecule has 0 saturated carbocycles. The van der Waals surface area contributed by atoms with Gasteiger partial charge in [0.2, 0.25) is 5.91 Å². The van der Waals surface area contributed by atoms with Gasteiger partial charge in [-0.3, -0.25) is 14.3 Å². The topological polar surface area (TPSA) is 93.2 Å². The first kappa shape index (κ1) is 15.3. The summed E-state index contributed by atoms with van der Waals surface area (Å²) >= 11 is 0. The molecular formula is C14H23N5O2. The summed E-state index contributed by atoms with van der Waals surface area (Å²) in [5.74, 6) is -0.294. The predicted molar refractivity (Wildman–Crippen MR) is 79.7 cm³/mol. The van der Waals surface area contributed by atoms with Crippen LogP contribution in [-0.2, 0) is 11.3 Å². The third-order valence-corrected chi connectivity index (χ3v) is 4.00. The Morgan fingerprint density at radius 2 is 2.19 bits per heavy atom. The zero-order valence-corrected chi connectivity index (χ0v) is 12.8. The van der Waals surface area contributed by atoms with Crippen LogP contribution in [0.2, 0.25) is 0 Å². The van der Waals surface area contributed by atoms with Crippen LogP contribution in [0.4, 0.5) is 5.69 Å². The lowest BCUT2D eigenvalue weighted by Crippen LogP contribution is -2.45. The minimum absolute atomic E-state index is 0.0133. The van der Waals surface area contributed by atoms with Gasteiger partial charge in [0, 0.05) is 26.7 Å². The Labute approximate surface area is 124 Å². The van der Waals surface area contributed by atoms with E-state index in [9.17, 15) is 9.59 Å². The van der Waals surface area contributed by atoms with Gasteiger partial charge in [0.15, 0.2) is 0 Å². The Hall–Kier alpha value is -2.05. The van der Waals surface area contributed by atoms with Gasteiger partial charge in [-0.25, -0.2) is 0 Å². The quantitative estimate of drug-likeness (QED) is 0.843. The molecule has 1 aromatic heterocycles. The third-order valence-electron chi connectivity index (χ3n) is 4.00. The maximum absolute atomic E-state index is 12.7. The van der Waals surface area contributed by atoms with Gasteiger partial charge in [0.05, 0.1) is 17.3 Å². The fourth-order valence-corrected chi connectivity index (χ4v) is 2.78. The van der Waals surface area contributed by atoms with Crippen LogP contribution in [0.3, 0.4) is 0 Å². The first-order valence-electron chi connectivity index (χ1n) is 7.33. The number of anilines is 1. The van der Waals surface area contributed by atoms with Gasteiger partial charge in [0.25, 0.3) is 5.91 Å². The maximum atomic E-state index is 12.7. The Balaban J connectivity index is 2.22. The van der Waals surface area contributed by atoms with Gasteiger partial charge in [-0.05, 0) is 26.7 Å². The van der Waals surface area contributed by atoms with Crippen molar-refractivity contribution >= 4 is 17.5 Å². The van der Waals surface area contributed by atoms with Crippen molar-refractivity contribution in [2.24, 2.45) is 5.92 Å². The number of likely N-dealkylation sites (tertiary alicyclic amines) is 1. The zero-order chi connectivity index (χ0) is 15.6. The van der Waals surface area contributed by atoms with Crippen LogP contribution in [-0.4, -0.2) is 46.6 Å². The van der Waals surface area contributed by atoms with Crippen LogP contribution in [0.1, 0.15) is 35.9 Å². The Morgan fingerprint density at radius 3 is 2.81 bits per heavy atom. The van der Waals surface area contributed by atoms with Crippen molar-refractivity contribution in [3.05, 3.63) is 11.4 Å². The van der Waals surface area contributed by atoms with Crippen LogP contribution in [0.15, 0.2) is 0 Å². The molecule has 0 aliphatic carbocycles. The van der Waals surface area contributed by atoms with Crippen molar-refractivity contribution in [2.75, 3.05) is 25.9 Å². The fraction of sp³-hybridized carbons (Fsp3) is 0.643. The lowest BCUT2D eigenvalue weighted by atomic mass is 9.97. The lowest BCUT2D eigenvalue weighted by molar-refractivity contribution is -0.125. The van der Waals surface area contributed by atoms with Crippen molar-refractivity contribution in [1.82, 2.24) is 20.0 Å². The first-order valence-corrected chi connectivity index (χ1v) is 7.33. The highest BCUT2D eigenvalue weighted by atomic mass is 16.2. The van der Waals surface area contributed by atoms with E-state index in [2.05, 4.69) is 10.4 Å². The average molecular weight is 293 g/mol. The number of carbonyl (C=O) groups is 2. The molecule has 1 unspecified atom stereocenters. The van der Waals surface area contributed by atoms with Gasteiger partial charge in [-0.2, -0.15) is 5.10 Å². The molecule has 1 atom stereocenters. The number of hydrogen-bond acceptors (Lipinski definition) is 4. The summed E-state index contributed by atoms with van der Waals surface area (Å²) in [5, 5.41) is 6.93. The molecule has 0 aromatic carbocycles. The second-order valence-electron chi connectivity index (χ2n) is 5.37. The average Bonchev–Trinajstić information content (AvgIpc) is 2.80. The molecule has 0 spiro atoms. The monoisotopic (exact) mass is 293 g/mol. The molecule has 0 bridgehead atoms. The number of rotatable bonds is 3. The highest BCUT2D eigenvalue weighted by molar-refractivity contribution is 5.98. The number of aromatic nitrogens is 2. The lowest BCUT2D eigenvalue weighted by Gasteiger charge is -2.32. The first-order chi connectivity index (χ1) is 9.99. The van der Waals surface area contributed by atoms with Crippen molar-refractivity contribution < 1.29 is 9.59 Å². The molecule has 1 aliphatic rings. The number of amides is 2. The zero-order valence-electron chi connectivity index (χ0n) is 12.8. The molecule has 1 aromatic rings. The van der Waals surface area contributed by atoms with E-state index in [-0.39, 0.29) is 17.7 Å². The smallest absolute Gasteiger partial charge is 0.274 e. The van der Waals surface area contributed by atoms with E-state index in [1.807, 2.05) is 6.92 Å². The molecule has 7 nitrogen and oxygen atoms in total. The van der Waals surface area contributed by atoms with E-state index in [1.165, 1.54) is 0 Å². The van der Waals surface area contributed by atoms with Crippen LogP contribution in [0, 0.1) is 12.8 Å². The number of nitrogens with two attached hydrogens (primary N) is 1. The molecule has 1 fully saturated rings. The summed E-state index contributed by atoms with van der Waals surface area (Å²) in [6.07, 6.45) is 1.63. The van der Waals surface area contributed by atoms with Gasteiger partial charge in [0.1, 0.15) is 5.69 Å². The minimum atomic E-state index is -0.145. The van der Waals surface area contributed by atoms with E-state index in [1.54, 1.807) is 23.6 Å². The van der Waals surface area contributed by atoms with Gasteiger partial charge < -0.3 is 16.0 Å². The number of aryl methyl sites for hydroxylation is 2. The van der Waals surface area contributed by atoms with Gasteiger partial charge in [-0.15, -0.1) is 0 Å². The van der Waals surface area contributed by atoms with E-state index in [0.717, 1.165) is 12.8 Å². The summed E-state index contributed by atoms with van der Waals surface area (Å²) in [5.41, 5.74) is 7.54.